The summed E-state index contributed by atoms with van der Waals surface area (Å²) in [5.74, 6) is 2.10. The molecule has 30 heavy (non-hydrogen) atoms. The van der Waals surface area contributed by atoms with Crippen molar-refractivity contribution in [2.45, 2.75) is 26.3 Å². The van der Waals surface area contributed by atoms with Crippen LogP contribution < -0.4 is 9.47 Å². The summed E-state index contributed by atoms with van der Waals surface area (Å²) in [5.41, 5.74) is 2.47. The fraction of sp³-hybridized carbons (Fsp3) is 0.192. The zero-order chi connectivity index (χ0) is 21.6. The van der Waals surface area contributed by atoms with E-state index in [1.54, 1.807) is 13.3 Å². The molecule has 0 fully saturated rings. The smallest absolute Gasteiger partial charge is 0.182 e. The van der Waals surface area contributed by atoms with Gasteiger partial charge < -0.3 is 14.7 Å². The topological polar surface area (TPSA) is 44.5 Å². The molecule has 0 aliphatic rings. The van der Waals surface area contributed by atoms with Crippen LogP contribution in [0.1, 0.15) is 37.5 Å². The molecule has 0 amide bonds. The van der Waals surface area contributed by atoms with E-state index in [9.17, 15) is 5.21 Å². The second-order valence-electron chi connectivity index (χ2n) is 7.95. The monoisotopic (exact) mass is 401 g/mol. The molecule has 0 aromatic heterocycles. The molecule has 0 unspecified atom stereocenters. The lowest BCUT2D eigenvalue weighted by atomic mass is 10.1. The van der Waals surface area contributed by atoms with Crippen LogP contribution in [0.4, 0.5) is 0 Å². The maximum atomic E-state index is 12.1. The largest absolute Gasteiger partial charge is 0.623 e. The fourth-order valence-electron chi connectivity index (χ4n) is 2.70. The number of nitrogens with zero attached hydrogens (tertiary/aromatic N) is 1. The highest BCUT2D eigenvalue weighted by Gasteiger charge is 2.17. The minimum absolute atomic E-state index is 0.450. The van der Waals surface area contributed by atoms with Crippen molar-refractivity contribution in [1.82, 2.24) is 0 Å². The van der Waals surface area contributed by atoms with Gasteiger partial charge in [-0.3, -0.25) is 0 Å². The van der Waals surface area contributed by atoms with Gasteiger partial charge in [-0.1, -0.05) is 48.6 Å². The molecule has 0 bridgehead atoms. The predicted octanol–water partition coefficient (Wildman–Crippen LogP) is 6.39. The highest BCUT2D eigenvalue weighted by molar-refractivity contribution is 5.77. The van der Waals surface area contributed by atoms with Gasteiger partial charge in [-0.05, 0) is 47.5 Å². The van der Waals surface area contributed by atoms with E-state index in [0.29, 0.717) is 11.5 Å². The van der Waals surface area contributed by atoms with Gasteiger partial charge in [-0.2, -0.15) is 0 Å². The fourth-order valence-corrected chi connectivity index (χ4v) is 2.70. The van der Waals surface area contributed by atoms with Crippen molar-refractivity contribution in [3.05, 3.63) is 94.7 Å². The van der Waals surface area contributed by atoms with E-state index < -0.39 is 5.54 Å². The van der Waals surface area contributed by atoms with E-state index in [4.69, 9.17) is 9.47 Å². The number of para-hydroxylation sites is 1. The normalized spacial score (nSPS) is 12.2. The van der Waals surface area contributed by atoms with Gasteiger partial charge in [0.25, 0.3) is 0 Å². The highest BCUT2D eigenvalue weighted by Crippen LogP contribution is 2.32. The summed E-state index contributed by atoms with van der Waals surface area (Å²) in [6.45, 7) is 5.66. The lowest BCUT2D eigenvalue weighted by Gasteiger charge is -2.18. The molecule has 0 radical (unpaired) electrons. The molecule has 154 valence electrons. The Morgan fingerprint density at radius 2 is 1.37 bits per heavy atom. The van der Waals surface area contributed by atoms with Crippen LogP contribution in [-0.2, 0) is 0 Å². The van der Waals surface area contributed by atoms with Crippen molar-refractivity contribution in [1.29, 1.82) is 0 Å². The summed E-state index contributed by atoms with van der Waals surface area (Å²) >= 11 is 0. The lowest BCUT2D eigenvalue weighted by molar-refractivity contribution is -0.530. The van der Waals surface area contributed by atoms with Crippen molar-refractivity contribution in [2.24, 2.45) is 0 Å². The Hall–Kier alpha value is -3.53. The van der Waals surface area contributed by atoms with Crippen molar-refractivity contribution in [3.8, 4) is 17.2 Å². The average Bonchev–Trinajstić information content (AvgIpc) is 2.74. The first kappa shape index (κ1) is 21.2. The molecule has 0 spiro atoms. The van der Waals surface area contributed by atoms with Gasteiger partial charge in [0.15, 0.2) is 23.3 Å². The summed E-state index contributed by atoms with van der Waals surface area (Å²) in [6, 6.07) is 23.3. The van der Waals surface area contributed by atoms with Crippen LogP contribution >= 0.6 is 0 Å². The van der Waals surface area contributed by atoms with Gasteiger partial charge in [0.05, 0.1) is 7.11 Å². The Kier molecular flexibility index (Phi) is 6.58. The molecule has 0 heterocycles. The Balaban J connectivity index is 1.73. The highest BCUT2D eigenvalue weighted by atomic mass is 16.5. The van der Waals surface area contributed by atoms with Crippen LogP contribution in [0.25, 0.3) is 12.2 Å². The summed E-state index contributed by atoms with van der Waals surface area (Å²) in [7, 11) is 1.63. The third kappa shape index (κ3) is 5.74. The quantitative estimate of drug-likeness (QED) is 0.158. The van der Waals surface area contributed by atoms with Crippen LogP contribution in [0.5, 0.6) is 17.2 Å². The number of rotatable bonds is 6. The Labute approximate surface area is 178 Å². The van der Waals surface area contributed by atoms with Gasteiger partial charge in [-0.15, -0.1) is 0 Å². The van der Waals surface area contributed by atoms with Crippen molar-refractivity contribution >= 4 is 18.4 Å². The first-order valence-corrected chi connectivity index (χ1v) is 9.85. The molecule has 0 saturated heterocycles. The third-order valence-corrected chi connectivity index (χ3v) is 4.49. The second-order valence-corrected chi connectivity index (χ2v) is 7.95. The molecule has 3 rings (SSSR count). The summed E-state index contributed by atoms with van der Waals surface area (Å²) in [6.07, 6.45) is 5.65. The van der Waals surface area contributed by atoms with E-state index >= 15 is 0 Å². The van der Waals surface area contributed by atoms with E-state index in [0.717, 1.165) is 27.2 Å². The van der Waals surface area contributed by atoms with E-state index in [1.165, 1.54) is 0 Å². The van der Waals surface area contributed by atoms with Crippen LogP contribution in [0.3, 0.4) is 0 Å². The predicted molar refractivity (Wildman–Crippen MR) is 123 cm³/mol. The number of benzene rings is 3. The first-order valence-electron chi connectivity index (χ1n) is 9.85. The molecule has 4 nitrogen and oxygen atoms in total. The molecular formula is C26H27NO3. The molecule has 0 aliphatic heterocycles. The van der Waals surface area contributed by atoms with Gasteiger partial charge in [0.2, 0.25) is 0 Å². The number of methoxy groups -OCH3 is 1. The van der Waals surface area contributed by atoms with Crippen LogP contribution in [0, 0.1) is 5.21 Å². The molecule has 0 N–H and O–H groups in total. The Morgan fingerprint density at radius 1 is 0.767 bits per heavy atom. The van der Waals surface area contributed by atoms with E-state index in [-0.39, 0.29) is 0 Å². The molecule has 3 aromatic carbocycles. The molecule has 4 heteroatoms. The summed E-state index contributed by atoms with van der Waals surface area (Å²) in [5, 5.41) is 12.1. The second kappa shape index (κ2) is 9.31. The minimum Gasteiger partial charge on any atom is -0.623 e. The van der Waals surface area contributed by atoms with E-state index in [1.807, 2.05) is 106 Å². The van der Waals surface area contributed by atoms with Crippen molar-refractivity contribution in [2.75, 3.05) is 7.11 Å². The molecule has 0 saturated carbocycles. The lowest BCUT2D eigenvalue weighted by Crippen LogP contribution is -2.29. The standard InChI is InChI=1S/C26H27NO3/c1-26(2,3)27(28)19-22-14-11-20(12-15-22)10-13-21-16-17-24(25(18-21)29-4)30-23-8-6-5-7-9-23/h5-19H,1-4H3/b13-10+,27-19+. The molecule has 0 atom stereocenters. The van der Waals surface area contributed by atoms with Crippen LogP contribution in [0.2, 0.25) is 0 Å². The maximum absolute atomic E-state index is 12.1. The van der Waals surface area contributed by atoms with Crippen LogP contribution in [0.15, 0.2) is 72.8 Å². The number of ether oxygens (including phenoxy) is 2. The average molecular weight is 402 g/mol. The summed E-state index contributed by atoms with van der Waals surface area (Å²) < 4.78 is 12.4. The van der Waals surface area contributed by atoms with Gasteiger partial charge in [0.1, 0.15) is 5.75 Å². The molecule has 3 aromatic rings. The number of hydrogen-bond donors (Lipinski definition) is 0. The van der Waals surface area contributed by atoms with E-state index in [2.05, 4.69) is 0 Å². The zero-order valence-electron chi connectivity index (χ0n) is 17.8. The molecular weight excluding hydrogens is 374 g/mol. The van der Waals surface area contributed by atoms with Crippen LogP contribution in [-0.4, -0.2) is 23.6 Å². The van der Waals surface area contributed by atoms with Crippen molar-refractivity contribution < 1.29 is 14.2 Å². The Morgan fingerprint density at radius 3 is 2.00 bits per heavy atom. The van der Waals surface area contributed by atoms with Crippen molar-refractivity contribution in [3.63, 3.8) is 0 Å². The maximum Gasteiger partial charge on any atom is 0.182 e. The zero-order valence-corrected chi connectivity index (χ0v) is 17.8. The Bertz CT molecular complexity index is 1030. The van der Waals surface area contributed by atoms with Gasteiger partial charge in [-0.25, -0.2) is 4.74 Å². The third-order valence-electron chi connectivity index (χ3n) is 4.49. The molecule has 0 aliphatic carbocycles. The first-order chi connectivity index (χ1) is 14.3. The van der Waals surface area contributed by atoms with Gasteiger partial charge in [0, 0.05) is 26.3 Å². The SMILES string of the molecule is COc1cc(/C=C/c2ccc(/C=[N+](/[O-])C(C)(C)C)cc2)ccc1Oc1ccccc1. The number of hydrogen-bond acceptors (Lipinski definition) is 3. The summed E-state index contributed by atoms with van der Waals surface area (Å²) in [4.78, 5) is 0. The van der Waals surface area contributed by atoms with Gasteiger partial charge >= 0.3 is 0 Å². The minimum atomic E-state index is -0.450. The number of hydroxylamine groups is 1.